The Bertz CT molecular complexity index is 1530. The number of benzene rings is 2. The van der Waals surface area contributed by atoms with Crippen LogP contribution in [0.5, 0.6) is 0 Å². The first kappa shape index (κ1) is 27.8. The van der Waals surface area contributed by atoms with Crippen LogP contribution < -0.4 is 34.2 Å². The Labute approximate surface area is 251 Å². The van der Waals surface area contributed by atoms with Crippen LogP contribution in [0.25, 0.3) is 11.1 Å². The zero-order valence-electron chi connectivity index (χ0n) is 21.3. The molecule has 0 bridgehead atoms. The summed E-state index contributed by atoms with van der Waals surface area (Å²) in [6.07, 6.45) is 0.410. The summed E-state index contributed by atoms with van der Waals surface area (Å²) in [6.45, 7) is 3.15. The standard InChI is InChI=1S/C28H24Cl2N4O3S.Li/c1-14-21(29)22(30)24(31-14)26(35)33-23-18-12-34(13-19(18)23)28-32-20(25(38-28)27(36)37)11-15-7-9-17(10-8-15)16-5-3-2-4-6-16;/h2-10,18-19,23,31H,11-13H2,1H3,(H,33,35)(H,36,37);/q;+1/p-1/t18-,19+,23-;. The van der Waals surface area contributed by atoms with Crippen molar-refractivity contribution in [3.05, 3.63) is 92.2 Å². The molecule has 2 aliphatic rings. The molecular weight excluding hydrogens is 550 g/mol. The van der Waals surface area contributed by atoms with Gasteiger partial charge < -0.3 is 25.1 Å². The van der Waals surface area contributed by atoms with Gasteiger partial charge in [-0.2, -0.15) is 0 Å². The van der Waals surface area contributed by atoms with Gasteiger partial charge in [0.1, 0.15) is 5.69 Å². The number of hydrogen-bond acceptors (Lipinski definition) is 6. The fourth-order valence-corrected chi connectivity index (χ4v) is 6.59. The number of aryl methyl sites for hydroxylation is 1. The maximum atomic E-state index is 12.7. The number of halogens is 2. The minimum absolute atomic E-state index is 0. The molecule has 2 N–H and O–H groups in total. The van der Waals surface area contributed by atoms with Crippen molar-refractivity contribution < 1.29 is 33.6 Å². The van der Waals surface area contributed by atoms with E-state index in [-0.39, 0.29) is 58.2 Å². The van der Waals surface area contributed by atoms with Gasteiger partial charge in [-0.3, -0.25) is 4.79 Å². The smallest absolute Gasteiger partial charge is 0.544 e. The Morgan fingerprint density at radius 1 is 1.05 bits per heavy atom. The summed E-state index contributed by atoms with van der Waals surface area (Å²) in [7, 11) is 0. The second-order valence-electron chi connectivity index (χ2n) is 9.78. The Kier molecular flexibility index (Phi) is 7.87. The Morgan fingerprint density at radius 3 is 2.28 bits per heavy atom. The van der Waals surface area contributed by atoms with Gasteiger partial charge in [-0.15, -0.1) is 0 Å². The minimum atomic E-state index is -1.21. The molecule has 2 fully saturated rings. The summed E-state index contributed by atoms with van der Waals surface area (Å²) >= 11 is 13.4. The maximum absolute atomic E-state index is 12.7. The molecule has 3 heterocycles. The van der Waals surface area contributed by atoms with Gasteiger partial charge in [-0.1, -0.05) is 89.1 Å². The molecule has 0 unspecified atom stereocenters. The Hall–Kier alpha value is -2.73. The number of anilines is 1. The number of piperidine rings is 1. The van der Waals surface area contributed by atoms with Gasteiger partial charge in [-0.25, -0.2) is 4.98 Å². The van der Waals surface area contributed by atoms with Crippen LogP contribution in [-0.2, 0) is 6.42 Å². The number of carboxylic acid groups (broad SMARTS) is 1. The second-order valence-corrected chi connectivity index (χ2v) is 11.5. The number of carboxylic acids is 1. The van der Waals surface area contributed by atoms with E-state index in [1.807, 2.05) is 42.5 Å². The summed E-state index contributed by atoms with van der Waals surface area (Å²) in [4.78, 5) is 34.5. The van der Waals surface area contributed by atoms with Crippen molar-refractivity contribution >= 4 is 51.5 Å². The van der Waals surface area contributed by atoms with Crippen molar-refractivity contribution in [3.63, 3.8) is 0 Å². The Balaban J connectivity index is 0.00000308. The van der Waals surface area contributed by atoms with Gasteiger partial charge in [-0.05, 0) is 23.6 Å². The van der Waals surface area contributed by atoms with Gasteiger partial charge in [0.25, 0.3) is 5.91 Å². The molecule has 1 saturated carbocycles. The number of amides is 1. The molecule has 194 valence electrons. The minimum Gasteiger partial charge on any atom is -0.544 e. The summed E-state index contributed by atoms with van der Waals surface area (Å²) < 4.78 is 0. The monoisotopic (exact) mass is 572 g/mol. The van der Waals surface area contributed by atoms with E-state index in [9.17, 15) is 14.7 Å². The number of aromatic amines is 1. The van der Waals surface area contributed by atoms with Crippen LogP contribution in [0, 0.1) is 18.8 Å². The van der Waals surface area contributed by atoms with Crippen LogP contribution >= 0.6 is 34.5 Å². The molecule has 0 spiro atoms. The molecule has 0 radical (unpaired) electrons. The number of thiazole rings is 1. The number of hydrogen-bond donors (Lipinski definition) is 2. The molecule has 1 saturated heterocycles. The van der Waals surface area contributed by atoms with Crippen molar-refractivity contribution in [1.29, 1.82) is 0 Å². The first-order valence-electron chi connectivity index (χ1n) is 12.2. The Morgan fingerprint density at radius 2 is 1.69 bits per heavy atom. The number of fused-ring (bicyclic) bond motifs is 1. The van der Waals surface area contributed by atoms with E-state index >= 15 is 0 Å². The van der Waals surface area contributed by atoms with Gasteiger partial charge in [0.05, 0.1) is 26.6 Å². The fraction of sp³-hybridized carbons (Fsp3) is 0.250. The molecule has 1 aliphatic carbocycles. The van der Waals surface area contributed by atoms with Crippen LogP contribution in [-0.4, -0.2) is 41.0 Å². The van der Waals surface area contributed by atoms with Crippen LogP contribution in [0.15, 0.2) is 54.6 Å². The van der Waals surface area contributed by atoms with Crippen LogP contribution in [0.2, 0.25) is 10.0 Å². The summed E-state index contributed by atoms with van der Waals surface area (Å²) in [5.74, 6) is -0.942. The quantitative estimate of drug-likeness (QED) is 0.327. The van der Waals surface area contributed by atoms with E-state index in [4.69, 9.17) is 28.2 Å². The number of rotatable bonds is 7. The number of nitrogens with zero attached hydrogens (tertiary/aromatic N) is 2. The first-order valence-corrected chi connectivity index (χ1v) is 13.8. The number of aromatic carboxylic acids is 1. The van der Waals surface area contributed by atoms with Crippen molar-refractivity contribution in [2.24, 2.45) is 11.8 Å². The molecule has 11 heteroatoms. The number of nitrogens with one attached hydrogen (secondary N) is 2. The molecule has 7 nitrogen and oxygen atoms in total. The SMILES string of the molecule is Cc1[nH]c(C(=O)N[C@@H]2[C@@H]3CN(c4nc(Cc5ccc(-c6ccccc6)cc5)c(C(=O)[O-])s4)C[C@@H]32)c(Cl)c1Cl.[Li+]. The van der Waals surface area contributed by atoms with Gasteiger partial charge >= 0.3 is 18.9 Å². The number of aromatic nitrogens is 2. The van der Waals surface area contributed by atoms with Crippen molar-refractivity contribution in [2.45, 2.75) is 19.4 Å². The second kappa shape index (κ2) is 11.0. The molecule has 4 aromatic rings. The van der Waals surface area contributed by atoms with E-state index in [0.717, 1.165) is 28.0 Å². The largest absolute Gasteiger partial charge is 1.00 e. The number of H-pyrrole nitrogens is 1. The predicted molar refractivity (Wildman–Crippen MR) is 147 cm³/mol. The molecule has 2 aromatic heterocycles. The van der Waals surface area contributed by atoms with Crippen LogP contribution in [0.4, 0.5) is 5.13 Å². The summed E-state index contributed by atoms with van der Waals surface area (Å²) in [5.41, 5.74) is 4.65. The fourth-order valence-electron chi connectivity index (χ4n) is 5.24. The van der Waals surface area contributed by atoms with Crippen molar-refractivity contribution in [1.82, 2.24) is 15.3 Å². The summed E-state index contributed by atoms with van der Waals surface area (Å²) in [6, 6.07) is 18.2. The molecule has 3 atom stereocenters. The van der Waals surface area contributed by atoms with Gasteiger partial charge in [0.2, 0.25) is 0 Å². The third kappa shape index (κ3) is 5.37. The van der Waals surface area contributed by atoms with E-state index < -0.39 is 5.97 Å². The van der Waals surface area contributed by atoms with E-state index in [1.54, 1.807) is 6.92 Å². The molecular formula is C28H23Cl2LiN4O3S. The van der Waals surface area contributed by atoms with Crippen LogP contribution in [0.3, 0.4) is 0 Å². The average molecular weight is 573 g/mol. The van der Waals surface area contributed by atoms with Gasteiger partial charge in [0.15, 0.2) is 5.13 Å². The molecule has 2 aromatic carbocycles. The molecule has 1 amide bonds. The number of carbonyl (C=O) groups excluding carboxylic acids is 2. The third-order valence-electron chi connectivity index (χ3n) is 7.35. The summed E-state index contributed by atoms with van der Waals surface area (Å²) in [5, 5.41) is 16.2. The number of carbonyl (C=O) groups is 2. The van der Waals surface area contributed by atoms with Crippen LogP contribution in [0.1, 0.15) is 37.1 Å². The third-order valence-corrected chi connectivity index (χ3v) is 9.43. The zero-order chi connectivity index (χ0) is 26.6. The van der Waals surface area contributed by atoms with Crippen molar-refractivity contribution in [2.75, 3.05) is 18.0 Å². The van der Waals surface area contributed by atoms with E-state index in [1.165, 1.54) is 0 Å². The van der Waals surface area contributed by atoms with Gasteiger partial charge in [0, 0.05) is 43.1 Å². The topological polar surface area (TPSA) is 101 Å². The average Bonchev–Trinajstić information content (AvgIpc) is 3.27. The van der Waals surface area contributed by atoms with E-state index in [0.29, 0.717) is 41.1 Å². The van der Waals surface area contributed by atoms with Crippen molar-refractivity contribution in [3.8, 4) is 11.1 Å². The first-order chi connectivity index (χ1) is 18.3. The molecule has 39 heavy (non-hydrogen) atoms. The normalized spacial score (nSPS) is 19.4. The van der Waals surface area contributed by atoms with E-state index in [2.05, 4.69) is 27.3 Å². The molecule has 6 rings (SSSR count). The predicted octanol–water partition coefficient (Wildman–Crippen LogP) is 1.58. The molecule has 1 aliphatic heterocycles. The zero-order valence-corrected chi connectivity index (χ0v) is 23.7. The maximum Gasteiger partial charge on any atom is 1.00 e.